The molecule has 2 fully saturated rings. The molecule has 6 heteroatoms. The normalized spacial score (nSPS) is 22.7. The van der Waals surface area contributed by atoms with Gasteiger partial charge in [0.25, 0.3) is 0 Å². The molecule has 1 aromatic heterocycles. The number of aromatic nitrogens is 2. The van der Waals surface area contributed by atoms with Gasteiger partial charge >= 0.3 is 6.09 Å². The van der Waals surface area contributed by atoms with Gasteiger partial charge in [0.1, 0.15) is 5.60 Å². The predicted molar refractivity (Wildman–Crippen MR) is 80.5 cm³/mol. The maximum absolute atomic E-state index is 12.2. The Bertz CT molecular complexity index is 531. The fourth-order valence-electron chi connectivity index (χ4n) is 2.83. The molecular formula is C16H25N3O3. The third kappa shape index (κ3) is 3.99. The van der Waals surface area contributed by atoms with E-state index in [1.165, 1.54) is 12.8 Å². The Hall–Kier alpha value is -1.59. The first-order chi connectivity index (χ1) is 10.4. The Morgan fingerprint density at radius 1 is 1.36 bits per heavy atom. The second-order valence-electron chi connectivity index (χ2n) is 7.46. The second-order valence-corrected chi connectivity index (χ2v) is 7.46. The SMILES string of the molecule is CC(C)(C)OC(=O)N1CCCC(Cc2nc(C3CC3)no2)C1. The lowest BCUT2D eigenvalue weighted by Crippen LogP contribution is -2.43. The summed E-state index contributed by atoms with van der Waals surface area (Å²) in [6, 6.07) is 0. The molecule has 1 aliphatic carbocycles. The van der Waals surface area contributed by atoms with Crippen LogP contribution in [0.15, 0.2) is 4.52 Å². The summed E-state index contributed by atoms with van der Waals surface area (Å²) in [5.74, 6) is 2.45. The lowest BCUT2D eigenvalue weighted by Gasteiger charge is -2.33. The van der Waals surface area contributed by atoms with Crippen LogP contribution in [-0.4, -0.2) is 39.8 Å². The summed E-state index contributed by atoms with van der Waals surface area (Å²) in [6.07, 6.45) is 4.96. The summed E-state index contributed by atoms with van der Waals surface area (Å²) in [5, 5.41) is 4.05. The van der Waals surface area contributed by atoms with Crippen molar-refractivity contribution in [1.29, 1.82) is 0 Å². The molecule has 22 heavy (non-hydrogen) atoms. The first-order valence-corrected chi connectivity index (χ1v) is 8.21. The number of amides is 1. The van der Waals surface area contributed by atoms with E-state index in [0.29, 0.717) is 24.3 Å². The highest BCUT2D eigenvalue weighted by atomic mass is 16.6. The molecule has 2 aliphatic rings. The van der Waals surface area contributed by atoms with Crippen LogP contribution in [-0.2, 0) is 11.2 Å². The molecule has 1 unspecified atom stereocenters. The zero-order chi connectivity index (χ0) is 15.7. The molecule has 122 valence electrons. The van der Waals surface area contributed by atoms with E-state index in [1.807, 2.05) is 20.8 Å². The summed E-state index contributed by atoms with van der Waals surface area (Å²) in [4.78, 5) is 18.5. The van der Waals surface area contributed by atoms with Crippen LogP contribution in [0, 0.1) is 5.92 Å². The van der Waals surface area contributed by atoms with Crippen LogP contribution in [0.3, 0.4) is 0 Å². The third-order valence-electron chi connectivity index (χ3n) is 4.06. The largest absolute Gasteiger partial charge is 0.444 e. The highest BCUT2D eigenvalue weighted by Crippen LogP contribution is 2.38. The topological polar surface area (TPSA) is 68.5 Å². The van der Waals surface area contributed by atoms with Crippen molar-refractivity contribution >= 4 is 6.09 Å². The lowest BCUT2D eigenvalue weighted by atomic mass is 9.95. The zero-order valence-electron chi connectivity index (χ0n) is 13.7. The van der Waals surface area contributed by atoms with Crippen LogP contribution in [0.25, 0.3) is 0 Å². The fourth-order valence-corrected chi connectivity index (χ4v) is 2.83. The van der Waals surface area contributed by atoms with E-state index in [2.05, 4.69) is 10.1 Å². The van der Waals surface area contributed by atoms with Crippen molar-refractivity contribution in [1.82, 2.24) is 15.0 Å². The summed E-state index contributed by atoms with van der Waals surface area (Å²) < 4.78 is 10.8. The van der Waals surface area contributed by atoms with Crippen molar-refractivity contribution in [3.63, 3.8) is 0 Å². The average Bonchev–Trinajstić information content (AvgIpc) is 3.18. The highest BCUT2D eigenvalue weighted by Gasteiger charge is 2.31. The van der Waals surface area contributed by atoms with Gasteiger partial charge in [-0.15, -0.1) is 0 Å². The van der Waals surface area contributed by atoms with Crippen molar-refractivity contribution in [3.05, 3.63) is 11.7 Å². The Morgan fingerprint density at radius 2 is 2.14 bits per heavy atom. The molecule has 0 N–H and O–H groups in total. The number of carbonyl (C=O) groups excluding carboxylic acids is 1. The second kappa shape index (κ2) is 5.89. The van der Waals surface area contributed by atoms with E-state index < -0.39 is 5.60 Å². The summed E-state index contributed by atoms with van der Waals surface area (Å²) in [7, 11) is 0. The molecule has 3 rings (SSSR count). The van der Waals surface area contributed by atoms with Crippen molar-refractivity contribution in [2.75, 3.05) is 13.1 Å². The van der Waals surface area contributed by atoms with Crippen LogP contribution < -0.4 is 0 Å². The van der Waals surface area contributed by atoms with Crippen LogP contribution in [0.2, 0.25) is 0 Å². The quantitative estimate of drug-likeness (QED) is 0.858. The van der Waals surface area contributed by atoms with Crippen LogP contribution >= 0.6 is 0 Å². The molecule has 0 aromatic carbocycles. The molecule has 1 aliphatic heterocycles. The summed E-state index contributed by atoms with van der Waals surface area (Å²) in [6.45, 7) is 7.15. The molecule has 0 spiro atoms. The Labute approximate surface area is 131 Å². The van der Waals surface area contributed by atoms with Gasteiger partial charge in [-0.2, -0.15) is 4.98 Å². The average molecular weight is 307 g/mol. The Balaban J connectivity index is 1.54. The van der Waals surface area contributed by atoms with Gasteiger partial charge in [-0.25, -0.2) is 4.79 Å². The molecule has 1 saturated heterocycles. The molecule has 0 bridgehead atoms. The van der Waals surface area contributed by atoms with E-state index in [9.17, 15) is 4.79 Å². The van der Waals surface area contributed by atoms with Gasteiger partial charge in [-0.3, -0.25) is 0 Å². The monoisotopic (exact) mass is 307 g/mol. The van der Waals surface area contributed by atoms with Crippen LogP contribution in [0.4, 0.5) is 4.79 Å². The minimum atomic E-state index is -0.449. The number of nitrogens with zero attached hydrogens (tertiary/aromatic N) is 3. The summed E-state index contributed by atoms with van der Waals surface area (Å²) >= 11 is 0. The Morgan fingerprint density at radius 3 is 2.82 bits per heavy atom. The van der Waals surface area contributed by atoms with Gasteiger partial charge in [0, 0.05) is 25.4 Å². The van der Waals surface area contributed by atoms with Crippen molar-refractivity contribution in [2.24, 2.45) is 5.92 Å². The number of hydrogen-bond acceptors (Lipinski definition) is 5. The van der Waals surface area contributed by atoms with Gasteiger partial charge in [-0.1, -0.05) is 5.16 Å². The fraction of sp³-hybridized carbons (Fsp3) is 0.812. The molecule has 2 heterocycles. The number of carbonyl (C=O) groups is 1. The number of hydrogen-bond donors (Lipinski definition) is 0. The first kappa shape index (κ1) is 15.3. The van der Waals surface area contributed by atoms with Gasteiger partial charge in [-0.05, 0) is 52.4 Å². The van der Waals surface area contributed by atoms with Gasteiger partial charge in [0.2, 0.25) is 5.89 Å². The van der Waals surface area contributed by atoms with Crippen molar-refractivity contribution < 1.29 is 14.1 Å². The molecule has 1 amide bonds. The van der Waals surface area contributed by atoms with E-state index in [-0.39, 0.29) is 6.09 Å². The first-order valence-electron chi connectivity index (χ1n) is 8.21. The zero-order valence-corrected chi connectivity index (χ0v) is 13.7. The molecular weight excluding hydrogens is 282 g/mol. The van der Waals surface area contributed by atoms with Crippen molar-refractivity contribution in [3.8, 4) is 0 Å². The molecule has 1 atom stereocenters. The summed E-state index contributed by atoms with van der Waals surface area (Å²) in [5.41, 5.74) is -0.449. The maximum atomic E-state index is 12.2. The minimum absolute atomic E-state index is 0.221. The predicted octanol–water partition coefficient (Wildman–Crippen LogP) is 3.14. The molecule has 6 nitrogen and oxygen atoms in total. The van der Waals surface area contributed by atoms with Crippen LogP contribution in [0.1, 0.15) is 64.1 Å². The highest BCUT2D eigenvalue weighted by molar-refractivity contribution is 5.68. The van der Waals surface area contributed by atoms with E-state index >= 15 is 0 Å². The molecule has 0 radical (unpaired) electrons. The van der Waals surface area contributed by atoms with Crippen molar-refractivity contribution in [2.45, 2.75) is 64.4 Å². The Kier molecular flexibility index (Phi) is 4.10. The van der Waals surface area contributed by atoms with E-state index in [4.69, 9.17) is 9.26 Å². The third-order valence-corrected chi connectivity index (χ3v) is 4.06. The minimum Gasteiger partial charge on any atom is -0.444 e. The maximum Gasteiger partial charge on any atom is 0.410 e. The van der Waals surface area contributed by atoms with E-state index in [0.717, 1.165) is 31.6 Å². The number of likely N-dealkylation sites (tertiary alicyclic amines) is 1. The number of piperidine rings is 1. The van der Waals surface area contributed by atoms with Crippen LogP contribution in [0.5, 0.6) is 0 Å². The molecule has 1 aromatic rings. The lowest BCUT2D eigenvalue weighted by molar-refractivity contribution is 0.0162. The number of ether oxygens (including phenoxy) is 1. The molecule has 1 saturated carbocycles. The number of rotatable bonds is 3. The smallest absolute Gasteiger partial charge is 0.410 e. The van der Waals surface area contributed by atoms with E-state index in [1.54, 1.807) is 4.90 Å². The van der Waals surface area contributed by atoms with Gasteiger partial charge in [0.05, 0.1) is 0 Å². The van der Waals surface area contributed by atoms with Gasteiger partial charge in [0.15, 0.2) is 5.82 Å². The standard InChI is InChI=1S/C16H25N3O3/c1-16(2,3)21-15(20)19-8-4-5-11(10-19)9-13-17-14(18-22-13)12-6-7-12/h11-12H,4-10H2,1-3H3. The van der Waals surface area contributed by atoms with Gasteiger partial charge < -0.3 is 14.2 Å².